The standard InChI is InChI=1S/C18H26N2S/c1-14(2)10-19-11-16(9-18-12-20-13-21-18)8-17-7-5-4-6-15(17)3/h4-7,12-14,16,19H,8-11H2,1-3H3. The predicted octanol–water partition coefficient (Wildman–Crippen LogP) is 4.10. The maximum Gasteiger partial charge on any atom is 0.0794 e. The average Bonchev–Trinajstić information content (AvgIpc) is 2.93. The number of nitrogens with one attached hydrogen (secondary N) is 1. The molecule has 0 saturated heterocycles. The molecule has 1 unspecified atom stereocenters. The van der Waals surface area contributed by atoms with Crippen LogP contribution in [0.15, 0.2) is 36.0 Å². The van der Waals surface area contributed by atoms with Crippen LogP contribution in [-0.2, 0) is 12.8 Å². The summed E-state index contributed by atoms with van der Waals surface area (Å²) in [6.07, 6.45) is 4.26. The molecule has 1 aromatic heterocycles. The van der Waals surface area contributed by atoms with Crippen molar-refractivity contribution in [2.24, 2.45) is 11.8 Å². The molecular formula is C18H26N2S. The van der Waals surface area contributed by atoms with Crippen molar-refractivity contribution in [2.75, 3.05) is 13.1 Å². The molecule has 0 bridgehead atoms. The molecule has 2 aromatic rings. The quantitative estimate of drug-likeness (QED) is 0.794. The van der Waals surface area contributed by atoms with Crippen molar-refractivity contribution in [1.82, 2.24) is 10.3 Å². The molecule has 0 spiro atoms. The van der Waals surface area contributed by atoms with Gasteiger partial charge in [0.2, 0.25) is 0 Å². The number of aromatic nitrogens is 1. The molecular weight excluding hydrogens is 276 g/mol. The summed E-state index contributed by atoms with van der Waals surface area (Å²) in [6.45, 7) is 8.89. The van der Waals surface area contributed by atoms with Gasteiger partial charge in [-0.1, -0.05) is 38.1 Å². The molecule has 1 aromatic carbocycles. The molecule has 1 N–H and O–H groups in total. The normalized spacial score (nSPS) is 12.8. The molecule has 0 saturated carbocycles. The van der Waals surface area contributed by atoms with Crippen molar-refractivity contribution < 1.29 is 0 Å². The molecule has 0 aliphatic heterocycles. The van der Waals surface area contributed by atoms with Crippen LogP contribution in [-0.4, -0.2) is 18.1 Å². The second-order valence-electron chi connectivity index (χ2n) is 6.22. The third kappa shape index (κ3) is 5.60. The van der Waals surface area contributed by atoms with Gasteiger partial charge in [0.1, 0.15) is 0 Å². The monoisotopic (exact) mass is 302 g/mol. The van der Waals surface area contributed by atoms with Crippen LogP contribution >= 0.6 is 11.3 Å². The molecule has 0 fully saturated rings. The molecule has 0 aliphatic rings. The zero-order valence-electron chi connectivity index (χ0n) is 13.3. The smallest absolute Gasteiger partial charge is 0.0794 e. The highest BCUT2D eigenvalue weighted by atomic mass is 32.1. The summed E-state index contributed by atoms with van der Waals surface area (Å²) in [5, 5.41) is 3.62. The van der Waals surface area contributed by atoms with Gasteiger partial charge >= 0.3 is 0 Å². The zero-order chi connectivity index (χ0) is 15.1. The van der Waals surface area contributed by atoms with Gasteiger partial charge < -0.3 is 5.32 Å². The Bertz CT molecular complexity index is 520. The summed E-state index contributed by atoms with van der Waals surface area (Å²) in [6, 6.07) is 8.74. The highest BCUT2D eigenvalue weighted by molar-refractivity contribution is 7.09. The van der Waals surface area contributed by atoms with Gasteiger partial charge in [0.05, 0.1) is 5.51 Å². The van der Waals surface area contributed by atoms with Crippen LogP contribution in [0.3, 0.4) is 0 Å². The van der Waals surface area contributed by atoms with Gasteiger partial charge in [-0.2, -0.15) is 0 Å². The SMILES string of the molecule is Cc1ccccc1CC(CNCC(C)C)Cc1cncs1. The molecule has 1 heterocycles. The number of rotatable bonds is 8. The first-order valence-electron chi connectivity index (χ1n) is 7.77. The van der Waals surface area contributed by atoms with Crippen molar-refractivity contribution in [3.8, 4) is 0 Å². The summed E-state index contributed by atoms with van der Waals surface area (Å²) < 4.78 is 0. The van der Waals surface area contributed by atoms with E-state index in [2.05, 4.69) is 55.3 Å². The fourth-order valence-electron chi connectivity index (χ4n) is 2.57. The Morgan fingerprint density at radius 1 is 1.14 bits per heavy atom. The van der Waals surface area contributed by atoms with Crippen LogP contribution in [0.4, 0.5) is 0 Å². The molecule has 2 rings (SSSR count). The summed E-state index contributed by atoms with van der Waals surface area (Å²) >= 11 is 1.77. The van der Waals surface area contributed by atoms with Gasteiger partial charge in [0.15, 0.2) is 0 Å². The van der Waals surface area contributed by atoms with E-state index in [-0.39, 0.29) is 0 Å². The van der Waals surface area contributed by atoms with Crippen molar-refractivity contribution in [1.29, 1.82) is 0 Å². The van der Waals surface area contributed by atoms with E-state index in [9.17, 15) is 0 Å². The Morgan fingerprint density at radius 3 is 2.62 bits per heavy atom. The van der Waals surface area contributed by atoms with Gasteiger partial charge in [0.25, 0.3) is 0 Å². The van der Waals surface area contributed by atoms with E-state index in [0.717, 1.165) is 25.9 Å². The van der Waals surface area contributed by atoms with E-state index >= 15 is 0 Å². The Kier molecular flexibility index (Phi) is 6.40. The molecule has 21 heavy (non-hydrogen) atoms. The molecule has 1 atom stereocenters. The number of benzene rings is 1. The maximum atomic E-state index is 4.21. The van der Waals surface area contributed by atoms with E-state index < -0.39 is 0 Å². The van der Waals surface area contributed by atoms with Gasteiger partial charge in [-0.15, -0.1) is 11.3 Å². The largest absolute Gasteiger partial charge is 0.316 e. The second kappa shape index (κ2) is 8.30. The molecule has 3 heteroatoms. The lowest BCUT2D eigenvalue weighted by atomic mass is 9.93. The summed E-state index contributed by atoms with van der Waals surface area (Å²) in [4.78, 5) is 5.60. The summed E-state index contributed by atoms with van der Waals surface area (Å²) in [5.74, 6) is 1.33. The Morgan fingerprint density at radius 2 is 1.95 bits per heavy atom. The Hall–Kier alpha value is -1.19. The van der Waals surface area contributed by atoms with Crippen molar-refractivity contribution in [3.05, 3.63) is 52.0 Å². The van der Waals surface area contributed by atoms with E-state index in [1.165, 1.54) is 16.0 Å². The number of hydrogen-bond donors (Lipinski definition) is 1. The fraction of sp³-hybridized carbons (Fsp3) is 0.500. The second-order valence-corrected chi connectivity index (χ2v) is 7.19. The summed E-state index contributed by atoms with van der Waals surface area (Å²) in [7, 11) is 0. The van der Waals surface area contributed by atoms with Crippen molar-refractivity contribution >= 4 is 11.3 Å². The van der Waals surface area contributed by atoms with Crippen LogP contribution in [0, 0.1) is 18.8 Å². The topological polar surface area (TPSA) is 24.9 Å². The molecule has 114 valence electrons. The number of nitrogens with zero attached hydrogens (tertiary/aromatic N) is 1. The highest BCUT2D eigenvalue weighted by Gasteiger charge is 2.13. The van der Waals surface area contributed by atoms with Crippen LogP contribution in [0.1, 0.15) is 29.9 Å². The van der Waals surface area contributed by atoms with Crippen molar-refractivity contribution in [3.63, 3.8) is 0 Å². The van der Waals surface area contributed by atoms with E-state index in [0.29, 0.717) is 11.8 Å². The predicted molar refractivity (Wildman–Crippen MR) is 91.9 cm³/mol. The Labute approximate surface area is 132 Å². The first-order chi connectivity index (χ1) is 10.1. The van der Waals surface area contributed by atoms with E-state index in [1.807, 2.05) is 11.7 Å². The lowest BCUT2D eigenvalue weighted by Gasteiger charge is -2.19. The minimum absolute atomic E-state index is 0.630. The van der Waals surface area contributed by atoms with Crippen LogP contribution in [0.5, 0.6) is 0 Å². The maximum absolute atomic E-state index is 4.21. The molecule has 0 amide bonds. The molecule has 2 nitrogen and oxygen atoms in total. The van der Waals surface area contributed by atoms with Crippen LogP contribution < -0.4 is 5.32 Å². The summed E-state index contributed by atoms with van der Waals surface area (Å²) in [5.41, 5.74) is 4.80. The lowest BCUT2D eigenvalue weighted by molar-refractivity contribution is 0.446. The highest BCUT2D eigenvalue weighted by Crippen LogP contribution is 2.19. The Balaban J connectivity index is 1.98. The number of thiazole rings is 1. The van der Waals surface area contributed by atoms with Crippen LogP contribution in [0.2, 0.25) is 0 Å². The zero-order valence-corrected chi connectivity index (χ0v) is 14.1. The minimum Gasteiger partial charge on any atom is -0.316 e. The first kappa shape index (κ1) is 16.2. The van der Waals surface area contributed by atoms with Gasteiger partial charge in [-0.25, -0.2) is 0 Å². The van der Waals surface area contributed by atoms with Crippen LogP contribution in [0.25, 0.3) is 0 Å². The first-order valence-corrected chi connectivity index (χ1v) is 8.65. The lowest BCUT2D eigenvalue weighted by Crippen LogP contribution is -2.28. The third-order valence-corrected chi connectivity index (χ3v) is 4.53. The molecule has 0 aliphatic carbocycles. The average molecular weight is 302 g/mol. The number of aryl methyl sites for hydroxylation is 1. The minimum atomic E-state index is 0.630. The number of hydrogen-bond acceptors (Lipinski definition) is 3. The van der Waals surface area contributed by atoms with Crippen molar-refractivity contribution in [2.45, 2.75) is 33.6 Å². The third-order valence-electron chi connectivity index (χ3n) is 3.73. The van der Waals surface area contributed by atoms with Gasteiger partial charge in [0, 0.05) is 11.1 Å². The van der Waals surface area contributed by atoms with E-state index in [4.69, 9.17) is 0 Å². The van der Waals surface area contributed by atoms with Gasteiger partial charge in [-0.3, -0.25) is 4.98 Å². The molecule has 0 radical (unpaired) electrons. The fourth-order valence-corrected chi connectivity index (χ4v) is 3.28. The van der Waals surface area contributed by atoms with Gasteiger partial charge in [-0.05, 0) is 55.8 Å². The van der Waals surface area contributed by atoms with E-state index in [1.54, 1.807) is 11.3 Å².